The molecule has 0 aromatic carbocycles. The fourth-order valence-corrected chi connectivity index (χ4v) is 2.89. The topological polar surface area (TPSA) is 41.1 Å². The number of nitrogens with one attached hydrogen (secondary N) is 1. The standard InChI is InChI=1S/C16H28N4/c1-12(2)15-18-10-14(13(19-15)9-17-5)20-8-6-7-16(3,4)11-20/h10,12,17H,6-9,11H2,1-5H3. The lowest BCUT2D eigenvalue weighted by atomic mass is 9.84. The zero-order chi connectivity index (χ0) is 14.8. The van der Waals surface area contributed by atoms with Gasteiger partial charge < -0.3 is 10.2 Å². The minimum absolute atomic E-state index is 0.373. The molecule has 1 aliphatic heterocycles. The summed E-state index contributed by atoms with van der Waals surface area (Å²) in [4.78, 5) is 11.8. The van der Waals surface area contributed by atoms with Gasteiger partial charge in [0.2, 0.25) is 0 Å². The van der Waals surface area contributed by atoms with E-state index in [1.54, 1.807) is 0 Å². The second kappa shape index (κ2) is 6.08. The maximum absolute atomic E-state index is 4.77. The van der Waals surface area contributed by atoms with Gasteiger partial charge in [0.05, 0.1) is 17.6 Å². The van der Waals surface area contributed by atoms with Gasteiger partial charge in [-0.3, -0.25) is 0 Å². The third-order valence-corrected chi connectivity index (χ3v) is 3.97. The molecule has 1 fully saturated rings. The molecule has 0 aliphatic carbocycles. The van der Waals surface area contributed by atoms with Gasteiger partial charge in [-0.1, -0.05) is 27.7 Å². The Morgan fingerprint density at radius 2 is 2.15 bits per heavy atom. The highest BCUT2D eigenvalue weighted by Crippen LogP contribution is 2.32. The molecular weight excluding hydrogens is 248 g/mol. The monoisotopic (exact) mass is 276 g/mol. The second-order valence-corrected chi connectivity index (χ2v) is 6.93. The summed E-state index contributed by atoms with van der Waals surface area (Å²) < 4.78 is 0. The predicted octanol–water partition coefficient (Wildman–Crippen LogP) is 2.95. The fourth-order valence-electron chi connectivity index (χ4n) is 2.89. The lowest BCUT2D eigenvalue weighted by Gasteiger charge is -2.39. The molecule has 4 heteroatoms. The van der Waals surface area contributed by atoms with Crippen LogP contribution in [0.5, 0.6) is 0 Å². The molecule has 4 nitrogen and oxygen atoms in total. The van der Waals surface area contributed by atoms with Crippen LogP contribution in [-0.4, -0.2) is 30.1 Å². The number of rotatable bonds is 4. The van der Waals surface area contributed by atoms with Crippen LogP contribution in [0.2, 0.25) is 0 Å². The third kappa shape index (κ3) is 3.48. The summed E-state index contributed by atoms with van der Waals surface area (Å²) >= 11 is 0. The van der Waals surface area contributed by atoms with E-state index in [1.165, 1.54) is 18.5 Å². The van der Waals surface area contributed by atoms with Gasteiger partial charge in [0.1, 0.15) is 5.82 Å². The third-order valence-electron chi connectivity index (χ3n) is 3.97. The van der Waals surface area contributed by atoms with E-state index in [9.17, 15) is 0 Å². The zero-order valence-corrected chi connectivity index (χ0v) is 13.5. The van der Waals surface area contributed by atoms with Crippen molar-refractivity contribution >= 4 is 5.69 Å². The Balaban J connectivity index is 2.30. The summed E-state index contributed by atoms with van der Waals surface area (Å²) in [6.45, 7) is 12.0. The number of aromatic nitrogens is 2. The van der Waals surface area contributed by atoms with Crippen molar-refractivity contribution in [2.75, 3.05) is 25.0 Å². The minimum atomic E-state index is 0.373. The highest BCUT2D eigenvalue weighted by molar-refractivity contribution is 5.50. The second-order valence-electron chi connectivity index (χ2n) is 6.93. The molecule has 1 saturated heterocycles. The Hall–Kier alpha value is -1.16. The average molecular weight is 276 g/mol. The largest absolute Gasteiger partial charge is 0.368 e. The molecule has 20 heavy (non-hydrogen) atoms. The Kier molecular flexibility index (Phi) is 4.63. The molecule has 1 N–H and O–H groups in total. The minimum Gasteiger partial charge on any atom is -0.368 e. The highest BCUT2D eigenvalue weighted by Gasteiger charge is 2.28. The maximum Gasteiger partial charge on any atom is 0.131 e. The molecule has 0 atom stereocenters. The Morgan fingerprint density at radius 3 is 2.75 bits per heavy atom. The van der Waals surface area contributed by atoms with Gasteiger partial charge in [-0.25, -0.2) is 9.97 Å². The van der Waals surface area contributed by atoms with E-state index in [2.05, 4.69) is 42.9 Å². The molecular formula is C16H28N4. The van der Waals surface area contributed by atoms with Gasteiger partial charge in [0.15, 0.2) is 0 Å². The van der Waals surface area contributed by atoms with Crippen LogP contribution in [0.3, 0.4) is 0 Å². The van der Waals surface area contributed by atoms with Crippen LogP contribution in [0.1, 0.15) is 58.0 Å². The van der Waals surface area contributed by atoms with Crippen molar-refractivity contribution in [3.05, 3.63) is 17.7 Å². The smallest absolute Gasteiger partial charge is 0.131 e. The van der Waals surface area contributed by atoms with Gasteiger partial charge >= 0.3 is 0 Å². The van der Waals surface area contributed by atoms with Crippen molar-refractivity contribution in [1.82, 2.24) is 15.3 Å². The van der Waals surface area contributed by atoms with Gasteiger partial charge in [-0.2, -0.15) is 0 Å². The van der Waals surface area contributed by atoms with Crippen molar-refractivity contribution in [3.63, 3.8) is 0 Å². The van der Waals surface area contributed by atoms with E-state index in [1.807, 2.05) is 13.2 Å². The Morgan fingerprint density at radius 1 is 1.40 bits per heavy atom. The molecule has 2 heterocycles. The van der Waals surface area contributed by atoms with Gasteiger partial charge in [-0.15, -0.1) is 0 Å². The molecule has 0 radical (unpaired) electrons. The van der Waals surface area contributed by atoms with E-state index < -0.39 is 0 Å². The summed E-state index contributed by atoms with van der Waals surface area (Å²) in [5, 5.41) is 3.23. The summed E-state index contributed by atoms with van der Waals surface area (Å²) in [6.07, 6.45) is 4.57. The van der Waals surface area contributed by atoms with Crippen molar-refractivity contribution in [2.24, 2.45) is 5.41 Å². The first-order valence-electron chi connectivity index (χ1n) is 7.68. The number of piperidine rings is 1. The molecule has 112 valence electrons. The van der Waals surface area contributed by atoms with Crippen LogP contribution >= 0.6 is 0 Å². The summed E-state index contributed by atoms with van der Waals surface area (Å²) in [5.74, 6) is 1.31. The normalized spacial score (nSPS) is 18.6. The number of hydrogen-bond donors (Lipinski definition) is 1. The maximum atomic E-state index is 4.77. The molecule has 0 bridgehead atoms. The van der Waals surface area contributed by atoms with Crippen LogP contribution in [-0.2, 0) is 6.54 Å². The van der Waals surface area contributed by atoms with Crippen molar-refractivity contribution in [3.8, 4) is 0 Å². The predicted molar refractivity (Wildman–Crippen MR) is 84.1 cm³/mol. The van der Waals surface area contributed by atoms with Crippen LogP contribution in [0.15, 0.2) is 6.20 Å². The first-order chi connectivity index (χ1) is 9.43. The molecule has 0 amide bonds. The number of nitrogens with zero attached hydrogens (tertiary/aromatic N) is 3. The van der Waals surface area contributed by atoms with E-state index in [0.29, 0.717) is 11.3 Å². The quantitative estimate of drug-likeness (QED) is 0.918. The average Bonchev–Trinajstić information content (AvgIpc) is 2.37. The van der Waals surface area contributed by atoms with E-state index in [-0.39, 0.29) is 0 Å². The summed E-state index contributed by atoms with van der Waals surface area (Å²) in [6, 6.07) is 0. The van der Waals surface area contributed by atoms with Crippen molar-refractivity contribution in [1.29, 1.82) is 0 Å². The first kappa shape index (κ1) is 15.2. The molecule has 2 rings (SSSR count). The van der Waals surface area contributed by atoms with Gasteiger partial charge in [0, 0.05) is 25.6 Å². The molecule has 0 spiro atoms. The molecule has 1 aliphatic rings. The molecule has 0 saturated carbocycles. The summed E-state index contributed by atoms with van der Waals surface area (Å²) in [7, 11) is 1.97. The fraction of sp³-hybridized carbons (Fsp3) is 0.750. The van der Waals surface area contributed by atoms with E-state index in [0.717, 1.165) is 31.2 Å². The van der Waals surface area contributed by atoms with Crippen LogP contribution in [0.25, 0.3) is 0 Å². The van der Waals surface area contributed by atoms with E-state index in [4.69, 9.17) is 4.98 Å². The van der Waals surface area contributed by atoms with Crippen LogP contribution in [0, 0.1) is 5.41 Å². The number of anilines is 1. The summed E-state index contributed by atoms with van der Waals surface area (Å²) in [5.41, 5.74) is 2.71. The SMILES string of the molecule is CNCc1nc(C(C)C)ncc1N1CCCC(C)(C)C1. The molecule has 1 aromatic heterocycles. The van der Waals surface area contributed by atoms with Crippen molar-refractivity contribution < 1.29 is 0 Å². The Labute approximate surface area is 123 Å². The zero-order valence-electron chi connectivity index (χ0n) is 13.5. The van der Waals surface area contributed by atoms with Gasteiger partial charge in [0.25, 0.3) is 0 Å². The Bertz CT molecular complexity index is 454. The van der Waals surface area contributed by atoms with Crippen LogP contribution < -0.4 is 10.2 Å². The lowest BCUT2D eigenvalue weighted by Crippen LogP contribution is -2.41. The first-order valence-corrected chi connectivity index (χ1v) is 7.68. The van der Waals surface area contributed by atoms with Crippen molar-refractivity contribution in [2.45, 2.75) is 53.0 Å². The number of hydrogen-bond acceptors (Lipinski definition) is 4. The lowest BCUT2D eigenvalue weighted by molar-refractivity contribution is 0.292. The van der Waals surface area contributed by atoms with Gasteiger partial charge in [-0.05, 0) is 25.3 Å². The van der Waals surface area contributed by atoms with Crippen LogP contribution in [0.4, 0.5) is 5.69 Å². The highest BCUT2D eigenvalue weighted by atomic mass is 15.2. The molecule has 0 unspecified atom stereocenters. The molecule has 1 aromatic rings. The van der Waals surface area contributed by atoms with E-state index >= 15 is 0 Å².